The highest BCUT2D eigenvalue weighted by Gasteiger charge is 2.22. The molecule has 0 saturated carbocycles. The quantitative estimate of drug-likeness (QED) is 0.414. The Morgan fingerprint density at radius 2 is 1.69 bits per heavy atom. The van der Waals surface area contributed by atoms with Gasteiger partial charge in [0.1, 0.15) is 5.82 Å². The lowest BCUT2D eigenvalue weighted by Crippen LogP contribution is -2.26. The zero-order valence-electron chi connectivity index (χ0n) is 17.4. The van der Waals surface area contributed by atoms with Gasteiger partial charge in [0.25, 0.3) is 15.9 Å². The highest BCUT2D eigenvalue weighted by atomic mass is 32.2. The lowest BCUT2D eigenvalue weighted by Gasteiger charge is -2.19. The van der Waals surface area contributed by atoms with Crippen LogP contribution in [-0.4, -0.2) is 21.4 Å². The number of nitrogens with zero attached hydrogens (tertiary/aromatic N) is 1. The number of hydrogen-bond donors (Lipinski definition) is 1. The highest BCUT2D eigenvalue weighted by molar-refractivity contribution is 7.92. The Morgan fingerprint density at radius 3 is 2.38 bits per heavy atom. The molecule has 5 nitrogen and oxygen atoms in total. The highest BCUT2D eigenvalue weighted by Crippen LogP contribution is 2.31. The third kappa shape index (κ3) is 4.37. The van der Waals surface area contributed by atoms with Gasteiger partial charge in [-0.3, -0.25) is 9.10 Å². The number of sulfonamides is 1. The topological polar surface area (TPSA) is 66.5 Å². The number of halogens is 1. The van der Waals surface area contributed by atoms with Gasteiger partial charge in [0, 0.05) is 11.7 Å². The molecule has 8 heteroatoms. The molecule has 164 valence electrons. The van der Waals surface area contributed by atoms with Crippen molar-refractivity contribution in [2.75, 3.05) is 11.4 Å². The van der Waals surface area contributed by atoms with Crippen LogP contribution in [0.1, 0.15) is 28.2 Å². The lowest BCUT2D eigenvalue weighted by molar-refractivity contribution is 0.0944. The number of rotatable bonds is 6. The lowest BCUT2D eigenvalue weighted by atomic mass is 10.1. The van der Waals surface area contributed by atoms with Crippen LogP contribution in [0, 0.1) is 5.82 Å². The minimum Gasteiger partial charge on any atom is -0.345 e. The summed E-state index contributed by atoms with van der Waals surface area (Å²) >= 11 is 1.35. The third-order valence-electron chi connectivity index (χ3n) is 5.21. The van der Waals surface area contributed by atoms with E-state index in [9.17, 15) is 17.6 Å². The molecule has 1 amide bonds. The summed E-state index contributed by atoms with van der Waals surface area (Å²) in [6, 6.07) is 21.2. The SMILES string of the molecule is C[C@@H](NC(=O)c1cc2cc(N(C)S(=O)(=O)c3ccc(F)cc3)ccc2s1)c1ccccc1. The van der Waals surface area contributed by atoms with E-state index in [1.54, 1.807) is 24.3 Å². The molecule has 0 aliphatic rings. The van der Waals surface area contributed by atoms with Crippen molar-refractivity contribution in [2.45, 2.75) is 17.9 Å². The van der Waals surface area contributed by atoms with Gasteiger partial charge in [-0.1, -0.05) is 30.3 Å². The van der Waals surface area contributed by atoms with Crippen molar-refractivity contribution in [1.29, 1.82) is 0 Å². The summed E-state index contributed by atoms with van der Waals surface area (Å²) in [4.78, 5) is 13.3. The van der Waals surface area contributed by atoms with Gasteiger partial charge < -0.3 is 5.32 Å². The number of hydrogen-bond acceptors (Lipinski definition) is 4. The molecule has 0 spiro atoms. The summed E-state index contributed by atoms with van der Waals surface area (Å²) in [6.07, 6.45) is 0. The number of carbonyl (C=O) groups excluding carboxylic acids is 1. The van der Waals surface area contributed by atoms with Crippen molar-refractivity contribution in [3.8, 4) is 0 Å². The first kappa shape index (κ1) is 22.0. The zero-order chi connectivity index (χ0) is 22.9. The Kier molecular flexibility index (Phi) is 5.99. The maximum absolute atomic E-state index is 13.2. The Bertz CT molecular complexity index is 1370. The Labute approximate surface area is 190 Å². The maximum Gasteiger partial charge on any atom is 0.264 e. The molecular weight excluding hydrogens is 447 g/mol. The first-order valence-electron chi connectivity index (χ1n) is 9.89. The predicted octanol–water partition coefficient (Wildman–Crippen LogP) is 5.36. The molecule has 1 heterocycles. The molecule has 1 N–H and O–H groups in total. The minimum atomic E-state index is -3.84. The van der Waals surface area contributed by atoms with Gasteiger partial charge >= 0.3 is 0 Å². The van der Waals surface area contributed by atoms with Gasteiger partial charge in [-0.05, 0) is 66.4 Å². The van der Waals surface area contributed by atoms with Gasteiger partial charge in [0.15, 0.2) is 0 Å². The summed E-state index contributed by atoms with van der Waals surface area (Å²) in [5.74, 6) is -0.685. The van der Waals surface area contributed by atoms with E-state index in [0.717, 1.165) is 32.1 Å². The molecule has 0 aliphatic heterocycles. The van der Waals surface area contributed by atoms with E-state index in [4.69, 9.17) is 0 Å². The fourth-order valence-corrected chi connectivity index (χ4v) is 5.47. The molecular formula is C24H21FN2O3S2. The molecule has 3 aromatic carbocycles. The standard InChI is InChI=1S/C24H21FN2O3S2/c1-16(17-6-4-3-5-7-17)26-24(28)23-15-18-14-20(10-13-22(18)31-23)27(2)32(29,30)21-11-8-19(25)9-12-21/h3-16H,1-2H3,(H,26,28)/t16-/m1/s1. The predicted molar refractivity (Wildman–Crippen MR) is 126 cm³/mol. The molecule has 32 heavy (non-hydrogen) atoms. The third-order valence-corrected chi connectivity index (χ3v) is 8.12. The largest absolute Gasteiger partial charge is 0.345 e. The molecule has 0 unspecified atom stereocenters. The number of thiophene rings is 1. The fourth-order valence-electron chi connectivity index (χ4n) is 3.33. The number of nitrogens with one attached hydrogen (secondary N) is 1. The van der Waals surface area contributed by atoms with Crippen molar-refractivity contribution < 1.29 is 17.6 Å². The molecule has 4 aromatic rings. The summed E-state index contributed by atoms with van der Waals surface area (Å²) < 4.78 is 41.0. The van der Waals surface area contributed by atoms with Crippen LogP contribution in [0.15, 0.2) is 83.8 Å². The van der Waals surface area contributed by atoms with Crippen molar-refractivity contribution in [2.24, 2.45) is 0 Å². The summed E-state index contributed by atoms with van der Waals surface area (Å²) in [7, 11) is -2.40. The second kappa shape index (κ2) is 8.72. The average Bonchev–Trinajstić information content (AvgIpc) is 3.23. The molecule has 0 bridgehead atoms. The number of amides is 1. The van der Waals surface area contributed by atoms with Crippen molar-refractivity contribution in [3.63, 3.8) is 0 Å². The monoisotopic (exact) mass is 468 g/mol. The molecule has 0 radical (unpaired) electrons. The normalized spacial score (nSPS) is 12.5. The Balaban J connectivity index is 1.57. The van der Waals surface area contributed by atoms with E-state index >= 15 is 0 Å². The Hall–Kier alpha value is -3.23. The average molecular weight is 469 g/mol. The van der Waals surface area contributed by atoms with Crippen LogP contribution in [0.3, 0.4) is 0 Å². The van der Waals surface area contributed by atoms with Gasteiger partial charge in [-0.25, -0.2) is 12.8 Å². The van der Waals surface area contributed by atoms with Crippen molar-refractivity contribution in [3.05, 3.63) is 95.1 Å². The van der Waals surface area contributed by atoms with Crippen LogP contribution in [0.4, 0.5) is 10.1 Å². The molecule has 1 atom stereocenters. The number of benzene rings is 3. The molecule has 0 fully saturated rings. The van der Waals surface area contributed by atoms with E-state index < -0.39 is 15.8 Å². The van der Waals surface area contributed by atoms with E-state index in [-0.39, 0.29) is 16.8 Å². The summed E-state index contributed by atoms with van der Waals surface area (Å²) in [5.41, 5.74) is 1.46. The second-order valence-electron chi connectivity index (χ2n) is 7.37. The zero-order valence-corrected chi connectivity index (χ0v) is 19.1. The van der Waals surface area contributed by atoms with Gasteiger partial charge in [-0.15, -0.1) is 11.3 Å². The van der Waals surface area contributed by atoms with Crippen molar-refractivity contribution in [1.82, 2.24) is 5.32 Å². The maximum atomic E-state index is 13.2. The first-order valence-corrected chi connectivity index (χ1v) is 12.2. The second-order valence-corrected chi connectivity index (χ2v) is 10.4. The van der Waals surface area contributed by atoms with E-state index in [2.05, 4.69) is 5.32 Å². The number of anilines is 1. The Morgan fingerprint density at radius 1 is 1.00 bits per heavy atom. The fraction of sp³-hybridized carbons (Fsp3) is 0.125. The first-order chi connectivity index (χ1) is 15.3. The van der Waals surface area contributed by atoms with Crippen LogP contribution in [0.5, 0.6) is 0 Å². The van der Waals surface area contributed by atoms with Crippen LogP contribution in [0.25, 0.3) is 10.1 Å². The number of fused-ring (bicyclic) bond motifs is 1. The smallest absolute Gasteiger partial charge is 0.264 e. The van der Waals surface area contributed by atoms with E-state index in [1.807, 2.05) is 37.3 Å². The molecule has 0 saturated heterocycles. The number of carbonyl (C=O) groups is 1. The molecule has 1 aromatic heterocycles. The van der Waals surface area contributed by atoms with E-state index in [1.165, 1.54) is 30.5 Å². The van der Waals surface area contributed by atoms with Crippen LogP contribution < -0.4 is 9.62 Å². The van der Waals surface area contributed by atoms with Crippen molar-refractivity contribution >= 4 is 43.0 Å². The summed E-state index contributed by atoms with van der Waals surface area (Å²) in [5, 5.41) is 3.77. The van der Waals surface area contributed by atoms with Gasteiger partial charge in [-0.2, -0.15) is 0 Å². The van der Waals surface area contributed by atoms with Crippen LogP contribution in [0.2, 0.25) is 0 Å². The minimum absolute atomic E-state index is 0.00165. The molecule has 4 rings (SSSR count). The van der Waals surface area contributed by atoms with E-state index in [0.29, 0.717) is 10.6 Å². The van der Waals surface area contributed by atoms with Gasteiger partial charge in [0.2, 0.25) is 0 Å². The van der Waals surface area contributed by atoms with Crippen LogP contribution in [-0.2, 0) is 10.0 Å². The van der Waals surface area contributed by atoms with Crippen LogP contribution >= 0.6 is 11.3 Å². The van der Waals surface area contributed by atoms with Gasteiger partial charge in [0.05, 0.1) is 21.5 Å². The summed E-state index contributed by atoms with van der Waals surface area (Å²) in [6.45, 7) is 1.92. The molecule has 0 aliphatic carbocycles.